The molecule has 0 saturated carbocycles. The maximum atomic E-state index is 5.95. The summed E-state index contributed by atoms with van der Waals surface area (Å²) in [5.74, 6) is 1.57. The highest BCUT2D eigenvalue weighted by Gasteiger charge is 2.25. The molecule has 0 amide bonds. The molecule has 104 valence electrons. The van der Waals surface area contributed by atoms with Crippen LogP contribution in [0.15, 0.2) is 35.2 Å². The second-order valence-electron chi connectivity index (χ2n) is 4.81. The van der Waals surface area contributed by atoms with Gasteiger partial charge in [0.1, 0.15) is 11.9 Å². The van der Waals surface area contributed by atoms with Crippen LogP contribution in [0.4, 0.5) is 5.95 Å². The van der Waals surface area contributed by atoms with Crippen LogP contribution < -0.4 is 9.64 Å². The molecule has 0 spiro atoms. The number of hydrogen-bond acceptors (Lipinski definition) is 5. The second-order valence-corrected chi connectivity index (χ2v) is 5.73. The molecule has 2 aromatic rings. The van der Waals surface area contributed by atoms with Gasteiger partial charge in [-0.3, -0.25) is 4.98 Å². The summed E-state index contributed by atoms with van der Waals surface area (Å²) in [5.41, 5.74) is 0.982. The molecule has 6 heteroatoms. The Kier molecular flexibility index (Phi) is 3.82. The van der Waals surface area contributed by atoms with Gasteiger partial charge in [0, 0.05) is 35.5 Å². The summed E-state index contributed by atoms with van der Waals surface area (Å²) in [6, 6.07) is 3.83. The van der Waals surface area contributed by atoms with E-state index in [2.05, 4.69) is 35.8 Å². The van der Waals surface area contributed by atoms with Crippen molar-refractivity contribution in [2.75, 3.05) is 18.0 Å². The van der Waals surface area contributed by atoms with Crippen molar-refractivity contribution in [3.8, 4) is 5.75 Å². The molecule has 1 aliphatic heterocycles. The monoisotopic (exact) mass is 334 g/mol. The molecule has 5 nitrogen and oxygen atoms in total. The predicted molar refractivity (Wildman–Crippen MR) is 80.0 cm³/mol. The maximum absolute atomic E-state index is 5.95. The van der Waals surface area contributed by atoms with E-state index >= 15 is 0 Å². The van der Waals surface area contributed by atoms with Crippen LogP contribution in [0, 0.1) is 6.92 Å². The van der Waals surface area contributed by atoms with Gasteiger partial charge in [-0.15, -0.1) is 0 Å². The number of aryl methyl sites for hydroxylation is 1. The minimum atomic E-state index is 0.148. The van der Waals surface area contributed by atoms with Crippen LogP contribution in [0.3, 0.4) is 0 Å². The number of aromatic nitrogens is 3. The summed E-state index contributed by atoms with van der Waals surface area (Å²) in [6.07, 6.45) is 6.38. The summed E-state index contributed by atoms with van der Waals surface area (Å²) in [7, 11) is 0. The van der Waals surface area contributed by atoms with Crippen LogP contribution in [0.2, 0.25) is 0 Å². The smallest absolute Gasteiger partial charge is 0.225 e. The van der Waals surface area contributed by atoms with Crippen molar-refractivity contribution in [3.63, 3.8) is 0 Å². The average Bonchev–Trinajstić information content (AvgIpc) is 2.87. The van der Waals surface area contributed by atoms with E-state index in [-0.39, 0.29) is 6.10 Å². The summed E-state index contributed by atoms with van der Waals surface area (Å²) in [6.45, 7) is 3.69. The van der Waals surface area contributed by atoms with Crippen LogP contribution >= 0.6 is 15.9 Å². The summed E-state index contributed by atoms with van der Waals surface area (Å²) in [5, 5.41) is 0. The van der Waals surface area contributed by atoms with E-state index in [1.165, 1.54) is 0 Å². The summed E-state index contributed by atoms with van der Waals surface area (Å²) in [4.78, 5) is 15.0. The quantitative estimate of drug-likeness (QED) is 0.863. The van der Waals surface area contributed by atoms with E-state index in [0.29, 0.717) is 0 Å². The molecule has 1 saturated heterocycles. The third-order valence-electron chi connectivity index (χ3n) is 3.19. The van der Waals surface area contributed by atoms with E-state index in [9.17, 15) is 0 Å². The zero-order valence-corrected chi connectivity index (χ0v) is 12.7. The van der Waals surface area contributed by atoms with Crippen LogP contribution in [0.1, 0.15) is 12.1 Å². The fraction of sp³-hybridized carbons (Fsp3) is 0.357. The van der Waals surface area contributed by atoms with Gasteiger partial charge < -0.3 is 9.64 Å². The van der Waals surface area contributed by atoms with Crippen molar-refractivity contribution in [3.05, 3.63) is 40.9 Å². The molecule has 0 radical (unpaired) electrons. The molecule has 0 bridgehead atoms. The Morgan fingerprint density at radius 2 is 2.30 bits per heavy atom. The Morgan fingerprint density at radius 3 is 3.10 bits per heavy atom. The van der Waals surface area contributed by atoms with Gasteiger partial charge in [-0.1, -0.05) is 0 Å². The average molecular weight is 335 g/mol. The number of rotatable bonds is 3. The molecule has 1 atom stereocenters. The minimum Gasteiger partial charge on any atom is -0.487 e. The van der Waals surface area contributed by atoms with Gasteiger partial charge in [-0.05, 0) is 35.0 Å². The van der Waals surface area contributed by atoms with Crippen LogP contribution in [0.25, 0.3) is 0 Å². The van der Waals surface area contributed by atoms with Gasteiger partial charge in [-0.25, -0.2) is 9.97 Å². The van der Waals surface area contributed by atoms with Crippen molar-refractivity contribution in [2.45, 2.75) is 19.4 Å². The summed E-state index contributed by atoms with van der Waals surface area (Å²) >= 11 is 3.40. The van der Waals surface area contributed by atoms with Gasteiger partial charge in [0.15, 0.2) is 0 Å². The van der Waals surface area contributed by atoms with E-state index < -0.39 is 0 Å². The molecule has 0 N–H and O–H groups in total. The molecule has 3 heterocycles. The van der Waals surface area contributed by atoms with Crippen LogP contribution in [0.5, 0.6) is 5.75 Å². The molecule has 2 aromatic heterocycles. The molecule has 1 aliphatic rings. The Bertz CT molecular complexity index is 607. The molecule has 3 rings (SSSR count). The first-order valence-corrected chi connectivity index (χ1v) is 7.32. The Hall–Kier alpha value is -1.69. The van der Waals surface area contributed by atoms with Gasteiger partial charge in [0.25, 0.3) is 0 Å². The third-order valence-corrected chi connectivity index (χ3v) is 3.63. The Balaban J connectivity index is 1.65. The predicted octanol–water partition coefficient (Wildman–Crippen LogP) is 2.60. The maximum Gasteiger partial charge on any atom is 0.225 e. The van der Waals surface area contributed by atoms with Crippen molar-refractivity contribution < 1.29 is 4.74 Å². The van der Waals surface area contributed by atoms with Gasteiger partial charge in [0.2, 0.25) is 5.95 Å². The van der Waals surface area contributed by atoms with E-state index in [1.54, 1.807) is 18.6 Å². The Labute approximate surface area is 126 Å². The highest BCUT2D eigenvalue weighted by Crippen LogP contribution is 2.22. The number of anilines is 1. The van der Waals surface area contributed by atoms with Gasteiger partial charge >= 0.3 is 0 Å². The standard InChI is InChI=1S/C14H15BrN4O/c1-10-2-4-17-14(18-10)19-5-3-12(9-19)20-13-6-11(15)7-16-8-13/h2,4,6-8,12H,3,5,9H2,1H3/t12-/m0/s1. The lowest BCUT2D eigenvalue weighted by Crippen LogP contribution is -2.26. The number of halogens is 1. The Morgan fingerprint density at radius 1 is 1.40 bits per heavy atom. The number of pyridine rings is 1. The highest BCUT2D eigenvalue weighted by molar-refractivity contribution is 9.10. The molecule has 20 heavy (non-hydrogen) atoms. The lowest BCUT2D eigenvalue weighted by Gasteiger charge is -2.17. The first-order chi connectivity index (χ1) is 9.70. The fourth-order valence-corrected chi connectivity index (χ4v) is 2.59. The van der Waals surface area contributed by atoms with Gasteiger partial charge in [0.05, 0.1) is 12.7 Å². The first-order valence-electron chi connectivity index (χ1n) is 6.52. The molecule has 0 aliphatic carbocycles. The molecular formula is C14H15BrN4O. The second kappa shape index (κ2) is 5.75. The number of hydrogen-bond donors (Lipinski definition) is 0. The zero-order chi connectivity index (χ0) is 13.9. The van der Waals surface area contributed by atoms with Crippen molar-refractivity contribution in [1.82, 2.24) is 15.0 Å². The lowest BCUT2D eigenvalue weighted by molar-refractivity contribution is 0.224. The third kappa shape index (κ3) is 3.07. The molecule has 0 unspecified atom stereocenters. The normalized spacial score (nSPS) is 18.3. The highest BCUT2D eigenvalue weighted by atomic mass is 79.9. The van der Waals surface area contributed by atoms with Crippen LogP contribution in [-0.4, -0.2) is 34.1 Å². The summed E-state index contributed by atoms with van der Waals surface area (Å²) < 4.78 is 6.87. The van der Waals surface area contributed by atoms with E-state index in [0.717, 1.165) is 41.4 Å². The molecular weight excluding hydrogens is 320 g/mol. The molecule has 0 aromatic carbocycles. The van der Waals surface area contributed by atoms with Crippen molar-refractivity contribution in [1.29, 1.82) is 0 Å². The van der Waals surface area contributed by atoms with Gasteiger partial charge in [-0.2, -0.15) is 0 Å². The SMILES string of the molecule is Cc1ccnc(N2CC[C@H](Oc3cncc(Br)c3)C2)n1. The largest absolute Gasteiger partial charge is 0.487 e. The first kappa shape index (κ1) is 13.3. The fourth-order valence-electron chi connectivity index (χ4n) is 2.24. The number of nitrogens with zero attached hydrogens (tertiary/aromatic N) is 4. The zero-order valence-electron chi connectivity index (χ0n) is 11.2. The van der Waals surface area contributed by atoms with Crippen LogP contribution in [-0.2, 0) is 0 Å². The minimum absolute atomic E-state index is 0.148. The van der Waals surface area contributed by atoms with Crippen molar-refractivity contribution >= 4 is 21.9 Å². The van der Waals surface area contributed by atoms with Crippen molar-refractivity contribution in [2.24, 2.45) is 0 Å². The number of ether oxygens (including phenoxy) is 1. The van der Waals surface area contributed by atoms with E-state index in [4.69, 9.17) is 4.74 Å². The molecule has 1 fully saturated rings. The lowest BCUT2D eigenvalue weighted by atomic mass is 10.3. The van der Waals surface area contributed by atoms with E-state index in [1.807, 2.05) is 19.1 Å². The topological polar surface area (TPSA) is 51.1 Å².